The molecule has 0 amide bonds. The van der Waals surface area contributed by atoms with Crippen molar-refractivity contribution in [2.75, 3.05) is 17.1 Å². The van der Waals surface area contributed by atoms with Gasteiger partial charge in [0.25, 0.3) is 0 Å². The molecule has 1 aromatic heterocycles. The second kappa shape index (κ2) is 5.46. The van der Waals surface area contributed by atoms with Gasteiger partial charge >= 0.3 is 0 Å². The number of anilines is 1. The molecule has 2 unspecified atom stereocenters. The van der Waals surface area contributed by atoms with Crippen LogP contribution in [-0.4, -0.2) is 48.3 Å². The Morgan fingerprint density at radius 1 is 1.32 bits per heavy atom. The first-order valence-electron chi connectivity index (χ1n) is 7.83. The SMILES string of the molecule is CS(=O)(=O)N1CC(N2C(N)=Nc3[nH]ncc3C2N)Cc2ccccc21. The second-order valence-corrected chi connectivity index (χ2v) is 8.18. The van der Waals surface area contributed by atoms with Crippen molar-refractivity contribution in [1.29, 1.82) is 0 Å². The zero-order valence-corrected chi connectivity index (χ0v) is 14.4. The maximum atomic E-state index is 12.3. The van der Waals surface area contributed by atoms with E-state index < -0.39 is 16.2 Å². The summed E-state index contributed by atoms with van der Waals surface area (Å²) < 4.78 is 26.0. The molecule has 5 N–H and O–H groups in total. The number of H-pyrrole nitrogens is 1. The summed E-state index contributed by atoms with van der Waals surface area (Å²) in [5.41, 5.74) is 14.9. The molecular weight excluding hydrogens is 342 g/mol. The van der Waals surface area contributed by atoms with E-state index >= 15 is 0 Å². The van der Waals surface area contributed by atoms with Gasteiger partial charge in [-0.1, -0.05) is 18.2 Å². The Bertz CT molecular complexity index is 952. The molecule has 10 heteroatoms. The minimum absolute atomic E-state index is 0.230. The summed E-state index contributed by atoms with van der Waals surface area (Å²) in [4.78, 5) is 6.08. The fourth-order valence-electron chi connectivity index (χ4n) is 3.51. The largest absolute Gasteiger partial charge is 0.369 e. The minimum atomic E-state index is -3.43. The van der Waals surface area contributed by atoms with Gasteiger partial charge in [-0.25, -0.2) is 8.42 Å². The van der Waals surface area contributed by atoms with Gasteiger partial charge in [0.1, 0.15) is 6.17 Å². The van der Waals surface area contributed by atoms with Crippen molar-refractivity contribution in [3.05, 3.63) is 41.6 Å². The molecule has 9 nitrogen and oxygen atoms in total. The molecule has 0 spiro atoms. The number of para-hydroxylation sites is 1. The highest BCUT2D eigenvalue weighted by Crippen LogP contribution is 2.35. The van der Waals surface area contributed by atoms with Crippen LogP contribution in [0.1, 0.15) is 17.3 Å². The van der Waals surface area contributed by atoms with Gasteiger partial charge in [-0.3, -0.25) is 9.40 Å². The minimum Gasteiger partial charge on any atom is -0.369 e. The Labute approximate surface area is 145 Å². The van der Waals surface area contributed by atoms with Crippen molar-refractivity contribution >= 4 is 27.5 Å². The monoisotopic (exact) mass is 361 g/mol. The molecule has 25 heavy (non-hydrogen) atoms. The molecule has 0 radical (unpaired) electrons. The molecule has 0 saturated carbocycles. The number of hydrogen-bond acceptors (Lipinski definition) is 7. The van der Waals surface area contributed by atoms with Crippen molar-refractivity contribution in [2.24, 2.45) is 16.5 Å². The third kappa shape index (κ3) is 2.53. The van der Waals surface area contributed by atoms with E-state index in [2.05, 4.69) is 15.2 Å². The molecule has 3 heterocycles. The Hall–Kier alpha value is -2.59. The molecule has 2 aliphatic rings. The molecule has 132 valence electrons. The summed E-state index contributed by atoms with van der Waals surface area (Å²) in [6.45, 7) is 0.257. The van der Waals surface area contributed by atoms with Crippen molar-refractivity contribution < 1.29 is 8.42 Å². The number of benzene rings is 1. The standard InChI is InChI=1S/C15H19N7O2S/c1-25(23,24)21-8-10(6-9-4-2-3-5-12(9)21)22-13(16)11-7-18-20-14(11)19-15(22)17/h2-5,7,10,13H,6,8,16H2,1H3,(H3,17,18,19,20). The van der Waals surface area contributed by atoms with Gasteiger partial charge in [0, 0.05) is 0 Å². The Morgan fingerprint density at radius 2 is 2.08 bits per heavy atom. The number of hydrogen-bond donors (Lipinski definition) is 3. The van der Waals surface area contributed by atoms with Gasteiger partial charge in [0.05, 0.1) is 36.3 Å². The highest BCUT2D eigenvalue weighted by atomic mass is 32.2. The number of sulfonamides is 1. The van der Waals surface area contributed by atoms with Crippen LogP contribution in [0.4, 0.5) is 11.5 Å². The number of fused-ring (bicyclic) bond motifs is 2. The first-order valence-corrected chi connectivity index (χ1v) is 9.68. The van der Waals surface area contributed by atoms with Gasteiger partial charge < -0.3 is 16.4 Å². The Kier molecular flexibility index (Phi) is 3.48. The lowest BCUT2D eigenvalue weighted by molar-refractivity contribution is 0.233. The topological polar surface area (TPSA) is 134 Å². The third-order valence-corrected chi connectivity index (χ3v) is 5.79. The summed E-state index contributed by atoms with van der Waals surface area (Å²) in [5.74, 6) is 0.791. The Morgan fingerprint density at radius 3 is 2.84 bits per heavy atom. The van der Waals surface area contributed by atoms with E-state index in [0.717, 1.165) is 11.1 Å². The third-order valence-electron chi connectivity index (χ3n) is 4.64. The lowest BCUT2D eigenvalue weighted by Crippen LogP contribution is -2.57. The lowest BCUT2D eigenvalue weighted by atomic mass is 9.97. The van der Waals surface area contributed by atoms with E-state index in [4.69, 9.17) is 11.5 Å². The predicted molar refractivity (Wildman–Crippen MR) is 94.8 cm³/mol. The molecular formula is C15H19N7O2S. The first kappa shape index (κ1) is 15.9. The lowest BCUT2D eigenvalue weighted by Gasteiger charge is -2.43. The van der Waals surface area contributed by atoms with E-state index in [1.807, 2.05) is 24.3 Å². The molecule has 0 bridgehead atoms. The van der Waals surface area contributed by atoms with Crippen LogP contribution < -0.4 is 15.8 Å². The normalized spacial score (nSPS) is 23.0. The maximum absolute atomic E-state index is 12.3. The number of aliphatic imine (C=N–C) groups is 1. The van der Waals surface area contributed by atoms with E-state index in [9.17, 15) is 8.42 Å². The second-order valence-electron chi connectivity index (χ2n) is 6.28. The summed E-state index contributed by atoms with van der Waals surface area (Å²) in [7, 11) is -3.43. The van der Waals surface area contributed by atoms with Crippen LogP contribution in [0.5, 0.6) is 0 Å². The van der Waals surface area contributed by atoms with Crippen LogP contribution >= 0.6 is 0 Å². The van der Waals surface area contributed by atoms with Crippen molar-refractivity contribution in [3.63, 3.8) is 0 Å². The van der Waals surface area contributed by atoms with E-state index in [1.54, 1.807) is 11.1 Å². The number of nitrogens with one attached hydrogen (secondary N) is 1. The zero-order chi connectivity index (χ0) is 17.8. The molecule has 0 aliphatic carbocycles. The molecule has 0 saturated heterocycles. The van der Waals surface area contributed by atoms with Crippen LogP contribution in [0.25, 0.3) is 0 Å². The van der Waals surface area contributed by atoms with E-state index in [-0.39, 0.29) is 18.5 Å². The van der Waals surface area contributed by atoms with Crippen LogP contribution in [0.2, 0.25) is 0 Å². The molecule has 0 fully saturated rings. The average Bonchev–Trinajstić information content (AvgIpc) is 3.01. The van der Waals surface area contributed by atoms with Crippen LogP contribution in [0.15, 0.2) is 35.5 Å². The van der Waals surface area contributed by atoms with Crippen molar-refractivity contribution in [3.8, 4) is 0 Å². The van der Waals surface area contributed by atoms with Gasteiger partial charge in [0.15, 0.2) is 11.8 Å². The first-order chi connectivity index (χ1) is 11.9. The number of aromatic nitrogens is 2. The van der Waals surface area contributed by atoms with Crippen molar-refractivity contribution in [1.82, 2.24) is 15.1 Å². The highest BCUT2D eigenvalue weighted by Gasteiger charge is 2.38. The highest BCUT2D eigenvalue weighted by molar-refractivity contribution is 7.92. The van der Waals surface area contributed by atoms with Gasteiger partial charge in [-0.05, 0) is 18.1 Å². The van der Waals surface area contributed by atoms with Crippen LogP contribution in [-0.2, 0) is 16.4 Å². The summed E-state index contributed by atoms with van der Waals surface area (Å²) >= 11 is 0. The summed E-state index contributed by atoms with van der Waals surface area (Å²) in [6, 6.07) is 7.23. The quantitative estimate of drug-likeness (QED) is 0.690. The zero-order valence-electron chi connectivity index (χ0n) is 13.6. The summed E-state index contributed by atoms with van der Waals surface area (Å²) in [6.07, 6.45) is 2.91. The van der Waals surface area contributed by atoms with Crippen LogP contribution in [0, 0.1) is 0 Å². The van der Waals surface area contributed by atoms with Gasteiger partial charge in [-0.15, -0.1) is 0 Å². The average molecular weight is 361 g/mol. The summed E-state index contributed by atoms with van der Waals surface area (Å²) in [5, 5.41) is 6.72. The number of guanidine groups is 1. The van der Waals surface area contributed by atoms with E-state index in [0.29, 0.717) is 17.9 Å². The number of nitrogens with zero attached hydrogens (tertiary/aromatic N) is 4. The molecule has 2 aromatic rings. The van der Waals surface area contributed by atoms with Gasteiger partial charge in [0.2, 0.25) is 10.0 Å². The number of nitrogens with two attached hydrogens (primary N) is 2. The number of aromatic amines is 1. The van der Waals surface area contributed by atoms with E-state index in [1.165, 1.54) is 10.6 Å². The number of rotatable bonds is 2. The Balaban J connectivity index is 1.75. The fourth-order valence-corrected chi connectivity index (χ4v) is 4.49. The molecule has 2 atom stereocenters. The molecule has 2 aliphatic heterocycles. The predicted octanol–water partition coefficient (Wildman–Crippen LogP) is 0.0197. The molecule has 4 rings (SSSR count). The van der Waals surface area contributed by atoms with Crippen LogP contribution in [0.3, 0.4) is 0 Å². The van der Waals surface area contributed by atoms with Crippen molar-refractivity contribution in [2.45, 2.75) is 18.6 Å². The molecule has 1 aromatic carbocycles. The smallest absolute Gasteiger partial charge is 0.232 e. The fraction of sp³-hybridized carbons (Fsp3) is 0.333. The maximum Gasteiger partial charge on any atom is 0.232 e. The van der Waals surface area contributed by atoms with Gasteiger partial charge in [-0.2, -0.15) is 10.1 Å².